The van der Waals surface area contributed by atoms with Gasteiger partial charge in [0.05, 0.1) is 11.9 Å². The minimum atomic E-state index is -3.27. The van der Waals surface area contributed by atoms with Crippen molar-refractivity contribution in [3.63, 3.8) is 0 Å². The van der Waals surface area contributed by atoms with Crippen molar-refractivity contribution >= 4 is 21.6 Å². The lowest BCUT2D eigenvalue weighted by molar-refractivity contribution is 0.0736. The molecule has 1 aromatic rings. The number of piperidine rings is 2. The fourth-order valence-corrected chi connectivity index (χ4v) is 4.25. The van der Waals surface area contributed by atoms with Crippen LogP contribution in [0.5, 0.6) is 0 Å². The first kappa shape index (κ1) is 17.0. The molecule has 0 unspecified atom stereocenters. The fraction of sp³-hybridized carbons (Fsp3) is 0.625. The first-order valence-electron chi connectivity index (χ1n) is 8.18. The normalized spacial score (nSPS) is 21.0. The quantitative estimate of drug-likeness (QED) is 0.872. The summed E-state index contributed by atoms with van der Waals surface area (Å²) in [4.78, 5) is 18.8. The third-order valence-electron chi connectivity index (χ3n) is 5.38. The van der Waals surface area contributed by atoms with E-state index in [4.69, 9.17) is 5.11 Å². The molecule has 1 aromatic heterocycles. The smallest absolute Gasteiger partial charge is 0.407 e. The first-order valence-corrected chi connectivity index (χ1v) is 10.1. The molecule has 132 valence electrons. The fourth-order valence-electron chi connectivity index (χ4n) is 3.69. The number of amides is 1. The van der Waals surface area contributed by atoms with Gasteiger partial charge in [0.15, 0.2) is 14.9 Å². The largest absolute Gasteiger partial charge is 0.465 e. The van der Waals surface area contributed by atoms with Crippen molar-refractivity contribution in [3.05, 3.63) is 18.3 Å². The Morgan fingerprint density at radius 3 is 2.17 bits per heavy atom. The summed E-state index contributed by atoms with van der Waals surface area (Å²) in [6.07, 6.45) is 5.89. The van der Waals surface area contributed by atoms with Crippen LogP contribution in [-0.2, 0) is 9.84 Å². The zero-order valence-corrected chi connectivity index (χ0v) is 14.6. The van der Waals surface area contributed by atoms with E-state index in [2.05, 4.69) is 9.88 Å². The zero-order chi connectivity index (χ0) is 17.4. The van der Waals surface area contributed by atoms with Crippen molar-refractivity contribution < 1.29 is 18.3 Å². The Balaban J connectivity index is 1.60. The number of pyridine rings is 1. The second-order valence-corrected chi connectivity index (χ2v) is 8.85. The van der Waals surface area contributed by atoms with E-state index in [1.807, 2.05) is 6.07 Å². The van der Waals surface area contributed by atoms with Crippen molar-refractivity contribution in [2.24, 2.45) is 5.41 Å². The molecular weight excluding hydrogens is 330 g/mol. The van der Waals surface area contributed by atoms with E-state index < -0.39 is 15.9 Å². The van der Waals surface area contributed by atoms with Crippen LogP contribution in [0.3, 0.4) is 0 Å². The second kappa shape index (κ2) is 6.23. The van der Waals surface area contributed by atoms with Crippen molar-refractivity contribution in [3.8, 4) is 0 Å². The Kier molecular flexibility index (Phi) is 4.42. The number of carboxylic acid groups (broad SMARTS) is 1. The molecule has 1 N–H and O–H groups in total. The third kappa shape index (κ3) is 3.48. The number of carbonyl (C=O) groups is 1. The average Bonchev–Trinajstić information content (AvgIpc) is 2.55. The first-order chi connectivity index (χ1) is 11.3. The molecule has 3 heterocycles. The standard InChI is InChI=1S/C16H23N3O4S/c1-24(22,23)14-3-2-13(12-17-14)18-8-4-16(5-9-18)6-10-19(11-7-16)15(20)21/h2-3,12H,4-11H2,1H3,(H,20,21). The summed E-state index contributed by atoms with van der Waals surface area (Å²) in [7, 11) is -3.27. The number of hydrogen-bond donors (Lipinski definition) is 1. The van der Waals surface area contributed by atoms with E-state index >= 15 is 0 Å². The summed E-state index contributed by atoms with van der Waals surface area (Å²) < 4.78 is 23.0. The van der Waals surface area contributed by atoms with Gasteiger partial charge in [0.25, 0.3) is 0 Å². The Bertz CT molecular complexity index is 699. The van der Waals surface area contributed by atoms with Crippen LogP contribution in [0.2, 0.25) is 0 Å². The number of likely N-dealkylation sites (tertiary alicyclic amines) is 1. The molecule has 2 aliphatic heterocycles. The Hall–Kier alpha value is -1.83. The van der Waals surface area contributed by atoms with Gasteiger partial charge in [0, 0.05) is 32.4 Å². The molecule has 2 saturated heterocycles. The summed E-state index contributed by atoms with van der Waals surface area (Å²) in [5.74, 6) is 0. The molecule has 0 aliphatic carbocycles. The monoisotopic (exact) mass is 353 g/mol. The van der Waals surface area contributed by atoms with E-state index in [0.29, 0.717) is 13.1 Å². The maximum absolute atomic E-state index is 11.5. The predicted octanol–water partition coefficient (Wildman–Crippen LogP) is 1.85. The van der Waals surface area contributed by atoms with Gasteiger partial charge in [-0.3, -0.25) is 0 Å². The maximum Gasteiger partial charge on any atom is 0.407 e. The molecule has 3 rings (SSSR count). The highest BCUT2D eigenvalue weighted by molar-refractivity contribution is 7.90. The maximum atomic E-state index is 11.5. The van der Waals surface area contributed by atoms with Gasteiger partial charge in [0.2, 0.25) is 0 Å². The minimum absolute atomic E-state index is 0.0979. The number of aromatic nitrogens is 1. The summed E-state index contributed by atoms with van der Waals surface area (Å²) in [6, 6.07) is 3.37. The minimum Gasteiger partial charge on any atom is -0.465 e. The molecule has 0 aromatic carbocycles. The van der Waals surface area contributed by atoms with E-state index in [-0.39, 0.29) is 10.4 Å². The molecule has 7 nitrogen and oxygen atoms in total. The van der Waals surface area contributed by atoms with Gasteiger partial charge in [0.1, 0.15) is 0 Å². The molecule has 0 bridgehead atoms. The van der Waals surface area contributed by atoms with Gasteiger partial charge < -0.3 is 14.9 Å². The topological polar surface area (TPSA) is 90.8 Å². The summed E-state index contributed by atoms with van der Waals surface area (Å²) in [6.45, 7) is 3.04. The lowest BCUT2D eigenvalue weighted by Gasteiger charge is -2.46. The molecule has 0 atom stereocenters. The summed E-state index contributed by atoms with van der Waals surface area (Å²) >= 11 is 0. The van der Waals surface area contributed by atoms with Crippen LogP contribution in [0.15, 0.2) is 23.4 Å². The predicted molar refractivity (Wildman–Crippen MR) is 90.1 cm³/mol. The van der Waals surface area contributed by atoms with Gasteiger partial charge in [-0.15, -0.1) is 0 Å². The lowest BCUT2D eigenvalue weighted by Crippen LogP contribution is -2.48. The number of rotatable bonds is 2. The van der Waals surface area contributed by atoms with Crippen molar-refractivity contribution in [2.75, 3.05) is 37.3 Å². The van der Waals surface area contributed by atoms with Crippen LogP contribution in [-0.4, -0.2) is 61.9 Å². The lowest BCUT2D eigenvalue weighted by atomic mass is 9.71. The molecule has 0 saturated carbocycles. The number of hydrogen-bond acceptors (Lipinski definition) is 5. The van der Waals surface area contributed by atoms with Crippen LogP contribution in [0.25, 0.3) is 0 Å². The van der Waals surface area contributed by atoms with E-state index in [1.165, 1.54) is 4.90 Å². The van der Waals surface area contributed by atoms with Crippen LogP contribution >= 0.6 is 0 Å². The van der Waals surface area contributed by atoms with Crippen molar-refractivity contribution in [2.45, 2.75) is 30.7 Å². The van der Waals surface area contributed by atoms with E-state index in [0.717, 1.165) is 50.7 Å². The van der Waals surface area contributed by atoms with Gasteiger partial charge in [-0.25, -0.2) is 18.2 Å². The highest BCUT2D eigenvalue weighted by atomic mass is 32.2. The van der Waals surface area contributed by atoms with E-state index in [9.17, 15) is 13.2 Å². The molecule has 8 heteroatoms. The zero-order valence-electron chi connectivity index (χ0n) is 13.8. The second-order valence-electron chi connectivity index (χ2n) is 6.88. The average molecular weight is 353 g/mol. The van der Waals surface area contributed by atoms with E-state index in [1.54, 1.807) is 12.3 Å². The third-order valence-corrected chi connectivity index (χ3v) is 6.39. The van der Waals surface area contributed by atoms with Crippen LogP contribution in [0.1, 0.15) is 25.7 Å². The summed E-state index contributed by atoms with van der Waals surface area (Å²) in [5, 5.41) is 9.16. The summed E-state index contributed by atoms with van der Waals surface area (Å²) in [5.41, 5.74) is 1.20. The van der Waals surface area contributed by atoms with Crippen LogP contribution in [0, 0.1) is 5.41 Å². The highest BCUT2D eigenvalue weighted by Crippen LogP contribution is 2.42. The highest BCUT2D eigenvalue weighted by Gasteiger charge is 2.38. The van der Waals surface area contributed by atoms with Crippen molar-refractivity contribution in [1.82, 2.24) is 9.88 Å². The molecular formula is C16H23N3O4S. The van der Waals surface area contributed by atoms with Gasteiger partial charge in [-0.05, 0) is 43.2 Å². The number of sulfone groups is 1. The number of nitrogens with zero attached hydrogens (tertiary/aromatic N) is 3. The Labute approximate surface area is 142 Å². The SMILES string of the molecule is CS(=O)(=O)c1ccc(N2CCC3(CCN(C(=O)O)CC3)CC2)cn1. The molecule has 2 aliphatic rings. The Morgan fingerprint density at radius 1 is 1.12 bits per heavy atom. The number of anilines is 1. The van der Waals surface area contributed by atoms with Gasteiger partial charge in [-0.2, -0.15) is 0 Å². The van der Waals surface area contributed by atoms with Crippen molar-refractivity contribution in [1.29, 1.82) is 0 Å². The van der Waals surface area contributed by atoms with Crippen LogP contribution in [0.4, 0.5) is 10.5 Å². The van der Waals surface area contributed by atoms with Crippen LogP contribution < -0.4 is 4.90 Å². The van der Waals surface area contributed by atoms with Gasteiger partial charge >= 0.3 is 6.09 Å². The van der Waals surface area contributed by atoms with Gasteiger partial charge in [-0.1, -0.05) is 0 Å². The molecule has 0 radical (unpaired) electrons. The Morgan fingerprint density at radius 2 is 1.71 bits per heavy atom. The molecule has 1 amide bonds. The molecule has 24 heavy (non-hydrogen) atoms. The molecule has 2 fully saturated rings. The molecule has 1 spiro atoms.